The number of pyridine rings is 1. The molecule has 4 N–H and O–H groups in total. The number of nitrogen functional groups attached to an aromatic ring is 1. The van der Waals surface area contributed by atoms with Crippen LogP contribution in [-0.4, -0.2) is 26.1 Å². The molecular formula is C16H11N5O5. The number of nitrogens with zero attached hydrogens (tertiary/aromatic N) is 4. The number of carboxylic acid groups (broad SMARTS) is 1. The van der Waals surface area contributed by atoms with Crippen LogP contribution in [0.1, 0.15) is 10.4 Å². The van der Waals surface area contributed by atoms with Crippen molar-refractivity contribution in [2.24, 2.45) is 10.2 Å². The number of anilines is 1. The zero-order chi connectivity index (χ0) is 18.8. The maximum absolute atomic E-state index is 11.3. The van der Waals surface area contributed by atoms with Gasteiger partial charge in [-0.1, -0.05) is 24.3 Å². The maximum atomic E-state index is 11.3. The highest BCUT2D eigenvalue weighted by atomic mass is 16.6. The Hall–Kier alpha value is -4.08. The third-order valence-corrected chi connectivity index (χ3v) is 3.57. The van der Waals surface area contributed by atoms with Gasteiger partial charge in [-0.25, -0.2) is 9.78 Å². The Labute approximate surface area is 145 Å². The number of nitro groups is 1. The summed E-state index contributed by atoms with van der Waals surface area (Å²) in [4.78, 5) is 25.4. The quantitative estimate of drug-likeness (QED) is 0.366. The molecule has 0 aliphatic heterocycles. The first-order chi connectivity index (χ1) is 12.4. The van der Waals surface area contributed by atoms with Gasteiger partial charge in [0.1, 0.15) is 5.69 Å². The van der Waals surface area contributed by atoms with E-state index in [2.05, 4.69) is 15.2 Å². The summed E-state index contributed by atoms with van der Waals surface area (Å²) in [6, 6.07) is 9.86. The number of azo groups is 1. The molecular weight excluding hydrogens is 342 g/mol. The maximum Gasteiger partial charge on any atom is 0.338 e. The van der Waals surface area contributed by atoms with Crippen molar-refractivity contribution < 1.29 is 19.9 Å². The van der Waals surface area contributed by atoms with E-state index >= 15 is 0 Å². The van der Waals surface area contributed by atoms with Crippen molar-refractivity contribution in [1.82, 2.24) is 4.98 Å². The number of hydrogen-bond acceptors (Lipinski definition) is 8. The number of nitro benzene ring substituents is 1. The lowest BCUT2D eigenvalue weighted by molar-refractivity contribution is -0.384. The van der Waals surface area contributed by atoms with E-state index in [1.165, 1.54) is 6.07 Å². The monoisotopic (exact) mass is 353 g/mol. The smallest absolute Gasteiger partial charge is 0.338 e. The number of hydrogen-bond donors (Lipinski definition) is 3. The third kappa shape index (κ3) is 2.98. The number of aromatic nitrogens is 1. The zero-order valence-electron chi connectivity index (χ0n) is 13.0. The van der Waals surface area contributed by atoms with Gasteiger partial charge in [-0.3, -0.25) is 10.1 Å². The van der Waals surface area contributed by atoms with Crippen LogP contribution < -0.4 is 5.73 Å². The minimum Gasteiger partial charge on any atom is -0.504 e. The average Bonchev–Trinajstić information content (AvgIpc) is 2.63. The lowest BCUT2D eigenvalue weighted by atomic mass is 10.1. The molecule has 3 aromatic rings. The largest absolute Gasteiger partial charge is 0.504 e. The van der Waals surface area contributed by atoms with Gasteiger partial charge in [-0.05, 0) is 6.07 Å². The molecule has 130 valence electrons. The number of carboxylic acids is 1. The highest BCUT2D eigenvalue weighted by Crippen LogP contribution is 2.35. The van der Waals surface area contributed by atoms with Crippen LogP contribution in [0.2, 0.25) is 0 Å². The van der Waals surface area contributed by atoms with Crippen LogP contribution in [0.3, 0.4) is 0 Å². The number of carbonyl (C=O) groups is 1. The van der Waals surface area contributed by atoms with E-state index in [1.54, 1.807) is 24.3 Å². The molecule has 10 heteroatoms. The van der Waals surface area contributed by atoms with Crippen LogP contribution in [0.4, 0.5) is 23.0 Å². The van der Waals surface area contributed by atoms with Crippen molar-refractivity contribution in [3.63, 3.8) is 0 Å². The predicted molar refractivity (Wildman–Crippen MR) is 92.1 cm³/mol. The molecule has 0 atom stereocenters. The molecule has 0 amide bonds. The van der Waals surface area contributed by atoms with Crippen LogP contribution in [0, 0.1) is 10.1 Å². The molecule has 1 heterocycles. The van der Waals surface area contributed by atoms with Gasteiger partial charge in [0, 0.05) is 22.9 Å². The molecule has 2 aromatic carbocycles. The van der Waals surface area contributed by atoms with Crippen LogP contribution in [0.25, 0.3) is 10.8 Å². The van der Waals surface area contributed by atoms with Crippen LogP contribution in [0.15, 0.2) is 52.7 Å². The molecule has 0 radical (unpaired) electrons. The van der Waals surface area contributed by atoms with Gasteiger partial charge in [-0.2, -0.15) is 0 Å². The lowest BCUT2D eigenvalue weighted by Gasteiger charge is -2.06. The molecule has 0 bridgehead atoms. The lowest BCUT2D eigenvalue weighted by Crippen LogP contribution is -1.98. The second-order valence-corrected chi connectivity index (χ2v) is 5.18. The van der Waals surface area contributed by atoms with Gasteiger partial charge in [0.2, 0.25) is 0 Å². The number of benzene rings is 2. The summed E-state index contributed by atoms with van der Waals surface area (Å²) in [6.07, 6.45) is 0. The Morgan fingerprint density at radius 1 is 1.15 bits per heavy atom. The molecule has 26 heavy (non-hydrogen) atoms. The summed E-state index contributed by atoms with van der Waals surface area (Å²) in [6.45, 7) is 0. The Morgan fingerprint density at radius 2 is 1.85 bits per heavy atom. The van der Waals surface area contributed by atoms with Crippen LogP contribution >= 0.6 is 0 Å². The highest BCUT2D eigenvalue weighted by Gasteiger charge is 2.16. The SMILES string of the molecule is Nc1nc(N=Nc2ccc([N+](=O)[O-])cc2C(=O)O)c2ccccc2c1O. The van der Waals surface area contributed by atoms with E-state index in [-0.39, 0.29) is 34.3 Å². The fourth-order valence-corrected chi connectivity index (χ4v) is 2.32. The van der Waals surface area contributed by atoms with Crippen molar-refractivity contribution in [2.75, 3.05) is 5.73 Å². The second-order valence-electron chi connectivity index (χ2n) is 5.18. The van der Waals surface area contributed by atoms with Gasteiger partial charge in [0.15, 0.2) is 17.4 Å². The number of aromatic hydroxyl groups is 1. The summed E-state index contributed by atoms with van der Waals surface area (Å²) in [5, 5.41) is 38.6. The molecule has 0 fully saturated rings. The Morgan fingerprint density at radius 3 is 2.50 bits per heavy atom. The summed E-state index contributed by atoms with van der Waals surface area (Å²) < 4.78 is 0. The molecule has 0 saturated carbocycles. The molecule has 0 aliphatic rings. The number of nitrogens with two attached hydrogens (primary N) is 1. The average molecular weight is 353 g/mol. The van der Waals surface area contributed by atoms with E-state index < -0.39 is 10.9 Å². The molecule has 10 nitrogen and oxygen atoms in total. The van der Waals surface area contributed by atoms with Crippen molar-refractivity contribution in [1.29, 1.82) is 0 Å². The standard InChI is InChI=1S/C16H11N5O5/c17-14-13(22)9-3-1-2-4-10(9)15(18-14)20-19-12-6-5-8(21(25)26)7-11(12)16(23)24/h1-7,22H,(H2,17,18)(H,23,24). The summed E-state index contributed by atoms with van der Waals surface area (Å²) in [5.41, 5.74) is 4.82. The normalized spacial score (nSPS) is 11.1. The van der Waals surface area contributed by atoms with Crippen molar-refractivity contribution >= 4 is 39.8 Å². The first kappa shape index (κ1) is 16.8. The minimum absolute atomic E-state index is 0.0746. The van der Waals surface area contributed by atoms with Crippen molar-refractivity contribution in [2.45, 2.75) is 0 Å². The van der Waals surface area contributed by atoms with E-state index in [4.69, 9.17) is 5.73 Å². The predicted octanol–water partition coefficient (Wildman–Crippen LogP) is 3.54. The van der Waals surface area contributed by atoms with E-state index in [9.17, 15) is 25.1 Å². The summed E-state index contributed by atoms with van der Waals surface area (Å²) in [7, 11) is 0. The highest BCUT2D eigenvalue weighted by molar-refractivity contribution is 5.98. The first-order valence-electron chi connectivity index (χ1n) is 7.19. The number of fused-ring (bicyclic) bond motifs is 1. The van der Waals surface area contributed by atoms with E-state index in [0.717, 1.165) is 12.1 Å². The Kier molecular flexibility index (Phi) is 4.15. The molecule has 0 unspecified atom stereocenters. The molecule has 0 saturated heterocycles. The molecule has 0 aliphatic carbocycles. The Balaban J connectivity index is 2.12. The minimum atomic E-state index is -1.38. The van der Waals surface area contributed by atoms with Gasteiger partial charge in [0.05, 0.1) is 10.5 Å². The van der Waals surface area contributed by atoms with Crippen molar-refractivity contribution in [3.8, 4) is 5.75 Å². The topological polar surface area (TPSA) is 164 Å². The molecule has 0 spiro atoms. The van der Waals surface area contributed by atoms with Crippen LogP contribution in [0.5, 0.6) is 5.75 Å². The molecule has 1 aromatic heterocycles. The summed E-state index contributed by atoms with van der Waals surface area (Å²) in [5.74, 6) is -1.66. The number of aromatic carboxylic acids is 1. The third-order valence-electron chi connectivity index (χ3n) is 3.57. The van der Waals surface area contributed by atoms with E-state index in [0.29, 0.717) is 10.8 Å². The number of non-ortho nitro benzene ring substituents is 1. The van der Waals surface area contributed by atoms with Crippen LogP contribution in [-0.2, 0) is 0 Å². The summed E-state index contributed by atoms with van der Waals surface area (Å²) >= 11 is 0. The zero-order valence-corrected chi connectivity index (χ0v) is 13.0. The molecule has 3 rings (SSSR count). The number of rotatable bonds is 4. The van der Waals surface area contributed by atoms with Crippen molar-refractivity contribution in [3.05, 3.63) is 58.1 Å². The fraction of sp³-hybridized carbons (Fsp3) is 0. The second kappa shape index (κ2) is 6.43. The Bertz CT molecular complexity index is 1080. The van der Waals surface area contributed by atoms with Gasteiger partial charge < -0.3 is 15.9 Å². The van der Waals surface area contributed by atoms with Gasteiger partial charge >= 0.3 is 5.97 Å². The fourth-order valence-electron chi connectivity index (χ4n) is 2.32. The van der Waals surface area contributed by atoms with Gasteiger partial charge in [0.25, 0.3) is 5.69 Å². The van der Waals surface area contributed by atoms with Gasteiger partial charge in [-0.15, -0.1) is 10.2 Å². The first-order valence-corrected chi connectivity index (χ1v) is 7.19. The van der Waals surface area contributed by atoms with E-state index in [1.807, 2.05) is 0 Å².